The number of guanidine groups is 1. The Morgan fingerprint density at radius 3 is 2.66 bits per heavy atom. The van der Waals surface area contributed by atoms with E-state index >= 15 is 0 Å². The average Bonchev–Trinajstić information content (AvgIpc) is 3.53. The van der Waals surface area contributed by atoms with Crippen molar-refractivity contribution in [1.82, 2.24) is 20.4 Å². The van der Waals surface area contributed by atoms with Crippen LogP contribution in [0.5, 0.6) is 5.75 Å². The van der Waals surface area contributed by atoms with Crippen LogP contribution in [0.4, 0.5) is 0 Å². The topological polar surface area (TPSA) is 69.2 Å². The van der Waals surface area contributed by atoms with Crippen LogP contribution < -0.4 is 15.4 Å². The van der Waals surface area contributed by atoms with E-state index in [9.17, 15) is 4.79 Å². The van der Waals surface area contributed by atoms with Gasteiger partial charge in [0, 0.05) is 51.7 Å². The van der Waals surface area contributed by atoms with Crippen LogP contribution in [-0.2, 0) is 4.79 Å². The van der Waals surface area contributed by atoms with Gasteiger partial charge in [-0.3, -0.25) is 14.7 Å². The normalized spacial score (nSPS) is 17.9. The van der Waals surface area contributed by atoms with Gasteiger partial charge in [0.1, 0.15) is 5.75 Å². The zero-order chi connectivity index (χ0) is 20.5. The van der Waals surface area contributed by atoms with Gasteiger partial charge in [-0.05, 0) is 38.3 Å². The van der Waals surface area contributed by atoms with Crippen molar-refractivity contribution in [1.29, 1.82) is 0 Å². The molecule has 1 aliphatic heterocycles. The number of benzene rings is 1. The minimum atomic E-state index is 0.162. The molecule has 1 heterocycles. The Hall–Kier alpha value is -2.28. The van der Waals surface area contributed by atoms with E-state index < -0.39 is 0 Å². The second-order valence-electron chi connectivity index (χ2n) is 7.81. The molecule has 2 N–H and O–H groups in total. The molecule has 1 saturated heterocycles. The molecule has 7 heteroatoms. The quantitative estimate of drug-likeness (QED) is 0.374. The summed E-state index contributed by atoms with van der Waals surface area (Å²) in [7, 11) is 0. The highest BCUT2D eigenvalue weighted by Gasteiger charge is 2.25. The summed E-state index contributed by atoms with van der Waals surface area (Å²) in [6, 6.07) is 8.53. The third-order valence-electron chi connectivity index (χ3n) is 5.23. The predicted molar refractivity (Wildman–Crippen MR) is 116 cm³/mol. The lowest BCUT2D eigenvalue weighted by molar-refractivity contribution is -0.122. The fraction of sp³-hybridized carbons (Fsp3) is 0.636. The molecule has 1 aliphatic carbocycles. The molecule has 0 atom stereocenters. The summed E-state index contributed by atoms with van der Waals surface area (Å²) >= 11 is 0. The second kappa shape index (κ2) is 11.0. The van der Waals surface area contributed by atoms with Gasteiger partial charge < -0.3 is 20.3 Å². The lowest BCUT2D eigenvalue weighted by atomic mass is 10.2. The van der Waals surface area contributed by atoms with E-state index in [4.69, 9.17) is 9.73 Å². The zero-order valence-corrected chi connectivity index (χ0v) is 17.8. The number of aryl methyl sites for hydroxylation is 1. The fourth-order valence-electron chi connectivity index (χ4n) is 3.40. The highest BCUT2D eigenvalue weighted by Crippen LogP contribution is 2.18. The van der Waals surface area contributed by atoms with Crippen LogP contribution in [0.15, 0.2) is 29.3 Å². The van der Waals surface area contributed by atoms with Crippen molar-refractivity contribution in [2.45, 2.75) is 39.2 Å². The van der Waals surface area contributed by atoms with Gasteiger partial charge in [-0.15, -0.1) is 0 Å². The number of rotatable bonds is 9. The average molecular weight is 402 g/mol. The van der Waals surface area contributed by atoms with E-state index in [1.807, 2.05) is 18.2 Å². The molecule has 29 heavy (non-hydrogen) atoms. The molecular weight excluding hydrogens is 366 g/mol. The number of carbonyl (C=O) groups excluding carboxylic acids is 1. The molecule has 1 aromatic carbocycles. The van der Waals surface area contributed by atoms with Crippen LogP contribution in [0.1, 0.15) is 31.7 Å². The molecule has 1 aromatic rings. The molecule has 0 radical (unpaired) electrons. The van der Waals surface area contributed by atoms with Crippen molar-refractivity contribution in [3.8, 4) is 5.75 Å². The van der Waals surface area contributed by atoms with E-state index in [0.717, 1.165) is 75.8 Å². The Balaban J connectivity index is 1.38. The number of aliphatic imine (C=N–C) groups is 1. The first-order valence-corrected chi connectivity index (χ1v) is 10.9. The number of nitrogens with zero attached hydrogens (tertiary/aromatic N) is 3. The molecule has 2 aliphatic rings. The third kappa shape index (κ3) is 7.24. The molecule has 7 nitrogen and oxygen atoms in total. The number of piperazine rings is 1. The van der Waals surface area contributed by atoms with Crippen molar-refractivity contribution in [3.63, 3.8) is 0 Å². The van der Waals surface area contributed by atoms with Crippen LogP contribution in [0.3, 0.4) is 0 Å². The standard InChI is InChI=1S/C22H35N5O2/c1-3-23-22(24-11-6-16-29-20-8-5-4-7-18(20)2)27-14-12-26(13-15-27)17-21(28)25-19-9-10-19/h4-5,7-8,19H,3,6,9-17H2,1-2H3,(H,23,24)(H,25,28). The summed E-state index contributed by atoms with van der Waals surface area (Å²) in [6.07, 6.45) is 3.15. The van der Waals surface area contributed by atoms with E-state index in [1.54, 1.807) is 0 Å². The Morgan fingerprint density at radius 2 is 1.97 bits per heavy atom. The predicted octanol–water partition coefficient (Wildman–Crippen LogP) is 1.63. The summed E-state index contributed by atoms with van der Waals surface area (Å²) in [4.78, 5) is 21.3. The molecule has 3 rings (SSSR count). The maximum atomic E-state index is 12.0. The van der Waals surface area contributed by atoms with Crippen molar-refractivity contribution in [2.24, 2.45) is 4.99 Å². The molecule has 160 valence electrons. The third-order valence-corrected chi connectivity index (χ3v) is 5.23. The second-order valence-corrected chi connectivity index (χ2v) is 7.81. The Morgan fingerprint density at radius 1 is 1.21 bits per heavy atom. The van der Waals surface area contributed by atoms with Crippen LogP contribution in [0.2, 0.25) is 0 Å². The van der Waals surface area contributed by atoms with E-state index in [2.05, 4.69) is 40.3 Å². The van der Waals surface area contributed by atoms with Crippen LogP contribution >= 0.6 is 0 Å². The van der Waals surface area contributed by atoms with Crippen LogP contribution in [-0.4, -0.2) is 80.1 Å². The van der Waals surface area contributed by atoms with Gasteiger partial charge in [-0.2, -0.15) is 0 Å². The molecule has 2 fully saturated rings. The minimum Gasteiger partial charge on any atom is -0.493 e. The summed E-state index contributed by atoms with van der Waals surface area (Å²) < 4.78 is 5.86. The summed E-state index contributed by atoms with van der Waals surface area (Å²) in [6.45, 7) is 10.5. The lowest BCUT2D eigenvalue weighted by Gasteiger charge is -2.36. The Kier molecular flexibility index (Phi) is 8.16. The van der Waals surface area contributed by atoms with Crippen molar-refractivity contribution in [3.05, 3.63) is 29.8 Å². The maximum absolute atomic E-state index is 12.0. The van der Waals surface area contributed by atoms with Gasteiger partial charge in [0.2, 0.25) is 5.91 Å². The van der Waals surface area contributed by atoms with Gasteiger partial charge in [0.15, 0.2) is 5.96 Å². The van der Waals surface area contributed by atoms with Crippen molar-refractivity contribution < 1.29 is 9.53 Å². The number of hydrogen-bond acceptors (Lipinski definition) is 4. The minimum absolute atomic E-state index is 0.162. The molecule has 0 bridgehead atoms. The SMILES string of the molecule is CCNC(=NCCCOc1ccccc1C)N1CCN(CC(=O)NC2CC2)CC1. The summed E-state index contributed by atoms with van der Waals surface area (Å²) in [5, 5.41) is 6.47. The Labute approximate surface area is 174 Å². The number of carbonyl (C=O) groups is 1. The monoisotopic (exact) mass is 401 g/mol. The first-order valence-electron chi connectivity index (χ1n) is 10.9. The lowest BCUT2D eigenvalue weighted by Crippen LogP contribution is -2.54. The van der Waals surface area contributed by atoms with Crippen molar-refractivity contribution in [2.75, 3.05) is 52.4 Å². The highest BCUT2D eigenvalue weighted by atomic mass is 16.5. The van der Waals surface area contributed by atoms with Gasteiger partial charge >= 0.3 is 0 Å². The van der Waals surface area contributed by atoms with Gasteiger partial charge in [-0.25, -0.2) is 0 Å². The van der Waals surface area contributed by atoms with E-state index in [-0.39, 0.29) is 5.91 Å². The summed E-state index contributed by atoms with van der Waals surface area (Å²) in [5.41, 5.74) is 1.16. The molecule has 0 aromatic heterocycles. The number of nitrogens with one attached hydrogen (secondary N) is 2. The number of hydrogen-bond donors (Lipinski definition) is 2. The van der Waals surface area contributed by atoms with Gasteiger partial charge in [-0.1, -0.05) is 18.2 Å². The fourth-order valence-corrected chi connectivity index (χ4v) is 3.40. The molecule has 1 saturated carbocycles. The van der Waals surface area contributed by atoms with Gasteiger partial charge in [0.25, 0.3) is 0 Å². The van der Waals surface area contributed by atoms with Crippen molar-refractivity contribution >= 4 is 11.9 Å². The smallest absolute Gasteiger partial charge is 0.234 e. The first-order chi connectivity index (χ1) is 14.2. The number of ether oxygens (including phenoxy) is 1. The molecule has 0 spiro atoms. The van der Waals surface area contributed by atoms with Crippen LogP contribution in [0.25, 0.3) is 0 Å². The largest absolute Gasteiger partial charge is 0.493 e. The van der Waals surface area contributed by atoms with E-state index in [0.29, 0.717) is 19.2 Å². The molecular formula is C22H35N5O2. The molecule has 1 amide bonds. The molecule has 0 unspecified atom stereocenters. The highest BCUT2D eigenvalue weighted by molar-refractivity contribution is 5.80. The van der Waals surface area contributed by atoms with E-state index in [1.165, 1.54) is 0 Å². The number of amides is 1. The first kappa shape index (κ1) is 21.4. The Bertz CT molecular complexity index is 682. The van der Waals surface area contributed by atoms with Crippen LogP contribution in [0, 0.1) is 6.92 Å². The zero-order valence-electron chi connectivity index (χ0n) is 17.8. The number of para-hydroxylation sites is 1. The summed E-state index contributed by atoms with van der Waals surface area (Å²) in [5.74, 6) is 2.07. The van der Waals surface area contributed by atoms with Gasteiger partial charge in [0.05, 0.1) is 13.2 Å². The maximum Gasteiger partial charge on any atom is 0.234 e.